The van der Waals surface area contributed by atoms with Crippen LogP contribution in [0.1, 0.15) is 24.8 Å². The standard InChI is InChI=1S/C20H24N2O2/c21-18-10-12-19(13-11-18)24-16-6-2-5-15-22-20(23)14-9-17-7-3-1-4-8-17/h1,3-4,7-14H,2,5-6,15-16,21H2,(H,22,23)/b14-9-. The number of benzene rings is 2. The summed E-state index contributed by atoms with van der Waals surface area (Å²) in [5.41, 5.74) is 7.38. The molecule has 0 atom stereocenters. The topological polar surface area (TPSA) is 64.3 Å². The molecule has 0 bridgehead atoms. The Morgan fingerprint density at radius 2 is 1.75 bits per heavy atom. The van der Waals surface area contributed by atoms with E-state index >= 15 is 0 Å². The van der Waals surface area contributed by atoms with Crippen molar-refractivity contribution in [3.63, 3.8) is 0 Å². The smallest absolute Gasteiger partial charge is 0.243 e. The first kappa shape index (κ1) is 17.6. The fourth-order valence-corrected chi connectivity index (χ4v) is 2.16. The van der Waals surface area contributed by atoms with E-state index in [4.69, 9.17) is 10.5 Å². The molecule has 0 aliphatic rings. The van der Waals surface area contributed by atoms with E-state index in [-0.39, 0.29) is 5.91 Å². The summed E-state index contributed by atoms with van der Waals surface area (Å²) in [5, 5.41) is 2.89. The molecule has 4 nitrogen and oxygen atoms in total. The lowest BCUT2D eigenvalue weighted by molar-refractivity contribution is -0.116. The normalized spacial score (nSPS) is 10.7. The molecular weight excluding hydrogens is 300 g/mol. The second-order valence-electron chi connectivity index (χ2n) is 5.51. The van der Waals surface area contributed by atoms with Gasteiger partial charge in [-0.3, -0.25) is 4.79 Å². The summed E-state index contributed by atoms with van der Waals surface area (Å²) in [4.78, 5) is 11.7. The molecule has 0 heterocycles. The van der Waals surface area contributed by atoms with Crippen molar-refractivity contribution < 1.29 is 9.53 Å². The maximum Gasteiger partial charge on any atom is 0.243 e. The van der Waals surface area contributed by atoms with E-state index in [0.29, 0.717) is 13.2 Å². The molecule has 1 amide bonds. The van der Waals surface area contributed by atoms with Crippen LogP contribution in [-0.2, 0) is 4.79 Å². The van der Waals surface area contributed by atoms with Crippen LogP contribution in [0.25, 0.3) is 6.08 Å². The Bertz CT molecular complexity index is 636. The van der Waals surface area contributed by atoms with Crippen LogP contribution in [0.3, 0.4) is 0 Å². The van der Waals surface area contributed by atoms with Crippen LogP contribution in [0.5, 0.6) is 5.75 Å². The Kier molecular flexibility index (Phi) is 7.41. The fourth-order valence-electron chi connectivity index (χ4n) is 2.16. The van der Waals surface area contributed by atoms with Gasteiger partial charge in [-0.2, -0.15) is 0 Å². The molecule has 0 unspecified atom stereocenters. The van der Waals surface area contributed by atoms with E-state index in [1.165, 1.54) is 0 Å². The summed E-state index contributed by atoms with van der Waals surface area (Å²) < 4.78 is 5.62. The number of anilines is 1. The number of carbonyl (C=O) groups is 1. The number of amides is 1. The molecule has 2 aromatic carbocycles. The van der Waals surface area contributed by atoms with Crippen LogP contribution in [0.4, 0.5) is 5.69 Å². The van der Waals surface area contributed by atoms with Crippen LogP contribution in [0.2, 0.25) is 0 Å². The van der Waals surface area contributed by atoms with Crippen molar-refractivity contribution in [3.05, 3.63) is 66.2 Å². The number of ether oxygens (including phenoxy) is 1. The number of nitrogens with one attached hydrogen (secondary N) is 1. The first-order valence-electron chi connectivity index (χ1n) is 8.23. The van der Waals surface area contributed by atoms with Crippen LogP contribution in [0.15, 0.2) is 60.7 Å². The number of unbranched alkanes of at least 4 members (excludes halogenated alkanes) is 2. The number of hydrogen-bond acceptors (Lipinski definition) is 3. The summed E-state index contributed by atoms with van der Waals surface area (Å²) in [6.07, 6.45) is 6.29. The number of nitrogens with two attached hydrogens (primary N) is 1. The molecule has 0 spiro atoms. The second kappa shape index (κ2) is 10.1. The summed E-state index contributed by atoms with van der Waals surface area (Å²) >= 11 is 0. The van der Waals surface area contributed by atoms with Gasteiger partial charge >= 0.3 is 0 Å². The maximum absolute atomic E-state index is 11.7. The molecule has 0 fully saturated rings. The van der Waals surface area contributed by atoms with Gasteiger partial charge in [0.25, 0.3) is 0 Å². The van der Waals surface area contributed by atoms with E-state index in [1.807, 2.05) is 60.7 Å². The van der Waals surface area contributed by atoms with Crippen molar-refractivity contribution >= 4 is 17.7 Å². The summed E-state index contributed by atoms with van der Waals surface area (Å²) in [7, 11) is 0. The van der Waals surface area contributed by atoms with Gasteiger partial charge in [0.2, 0.25) is 5.91 Å². The first-order valence-corrected chi connectivity index (χ1v) is 8.23. The largest absolute Gasteiger partial charge is 0.494 e. The molecule has 0 aromatic heterocycles. The van der Waals surface area contributed by atoms with Gasteiger partial charge in [-0.15, -0.1) is 0 Å². The Labute approximate surface area is 143 Å². The second-order valence-corrected chi connectivity index (χ2v) is 5.51. The molecular formula is C20H24N2O2. The molecule has 0 saturated carbocycles. The summed E-state index contributed by atoms with van der Waals surface area (Å²) in [5.74, 6) is 0.778. The molecule has 126 valence electrons. The van der Waals surface area contributed by atoms with E-state index in [2.05, 4.69) is 5.32 Å². The molecule has 0 aliphatic carbocycles. The molecule has 24 heavy (non-hydrogen) atoms. The maximum atomic E-state index is 11.7. The minimum atomic E-state index is -0.0584. The van der Waals surface area contributed by atoms with Gasteiger partial charge in [-0.25, -0.2) is 0 Å². The number of hydrogen-bond donors (Lipinski definition) is 2. The Balaban J connectivity index is 1.51. The number of carbonyl (C=O) groups excluding carboxylic acids is 1. The van der Waals surface area contributed by atoms with Gasteiger partial charge in [0, 0.05) is 18.3 Å². The summed E-state index contributed by atoms with van der Waals surface area (Å²) in [6, 6.07) is 17.2. The van der Waals surface area contributed by atoms with Crippen LogP contribution < -0.4 is 15.8 Å². The molecule has 0 saturated heterocycles. The predicted molar refractivity (Wildman–Crippen MR) is 98.7 cm³/mol. The third kappa shape index (κ3) is 7.01. The van der Waals surface area contributed by atoms with E-state index in [0.717, 1.165) is 36.3 Å². The van der Waals surface area contributed by atoms with Gasteiger partial charge in [-0.05, 0) is 55.2 Å². The highest BCUT2D eigenvalue weighted by Crippen LogP contribution is 2.13. The monoisotopic (exact) mass is 324 g/mol. The van der Waals surface area contributed by atoms with Gasteiger partial charge < -0.3 is 15.8 Å². The molecule has 2 rings (SSSR count). The lowest BCUT2D eigenvalue weighted by Crippen LogP contribution is -2.22. The van der Waals surface area contributed by atoms with E-state index in [1.54, 1.807) is 6.08 Å². The third-order valence-electron chi connectivity index (χ3n) is 3.50. The average molecular weight is 324 g/mol. The average Bonchev–Trinajstić information content (AvgIpc) is 2.61. The minimum absolute atomic E-state index is 0.0584. The molecule has 4 heteroatoms. The molecule has 0 radical (unpaired) electrons. The van der Waals surface area contributed by atoms with Crippen molar-refractivity contribution in [1.29, 1.82) is 0 Å². The number of rotatable bonds is 9. The van der Waals surface area contributed by atoms with E-state index in [9.17, 15) is 4.79 Å². The predicted octanol–water partition coefficient (Wildman–Crippen LogP) is 3.65. The number of nitrogen functional groups attached to an aromatic ring is 1. The zero-order chi connectivity index (χ0) is 17.0. The van der Waals surface area contributed by atoms with Crippen LogP contribution in [0, 0.1) is 0 Å². The van der Waals surface area contributed by atoms with Crippen molar-refractivity contribution in [3.8, 4) is 5.75 Å². The lowest BCUT2D eigenvalue weighted by atomic mass is 10.2. The zero-order valence-electron chi connectivity index (χ0n) is 13.8. The molecule has 2 aromatic rings. The fraction of sp³-hybridized carbons (Fsp3) is 0.250. The highest BCUT2D eigenvalue weighted by molar-refractivity contribution is 5.91. The van der Waals surface area contributed by atoms with Gasteiger partial charge in [0.1, 0.15) is 5.75 Å². The third-order valence-corrected chi connectivity index (χ3v) is 3.50. The molecule has 3 N–H and O–H groups in total. The first-order chi connectivity index (χ1) is 11.7. The Hall–Kier alpha value is -2.75. The quantitative estimate of drug-likeness (QED) is 0.420. The van der Waals surface area contributed by atoms with Gasteiger partial charge in [0.15, 0.2) is 0 Å². The van der Waals surface area contributed by atoms with Gasteiger partial charge in [0.05, 0.1) is 6.61 Å². The van der Waals surface area contributed by atoms with Crippen molar-refractivity contribution in [2.45, 2.75) is 19.3 Å². The Morgan fingerprint density at radius 1 is 1.00 bits per heavy atom. The van der Waals surface area contributed by atoms with Crippen molar-refractivity contribution in [1.82, 2.24) is 5.32 Å². The van der Waals surface area contributed by atoms with Crippen LogP contribution >= 0.6 is 0 Å². The van der Waals surface area contributed by atoms with Crippen LogP contribution in [-0.4, -0.2) is 19.1 Å². The van der Waals surface area contributed by atoms with Crippen molar-refractivity contribution in [2.75, 3.05) is 18.9 Å². The highest BCUT2D eigenvalue weighted by atomic mass is 16.5. The SMILES string of the molecule is Nc1ccc(OCCCCCNC(=O)/C=C\c2ccccc2)cc1. The minimum Gasteiger partial charge on any atom is -0.494 e. The van der Waals surface area contributed by atoms with Gasteiger partial charge in [-0.1, -0.05) is 30.3 Å². The Morgan fingerprint density at radius 3 is 2.50 bits per heavy atom. The van der Waals surface area contributed by atoms with E-state index < -0.39 is 0 Å². The lowest BCUT2D eigenvalue weighted by Gasteiger charge is -2.06. The summed E-state index contributed by atoms with van der Waals surface area (Å²) in [6.45, 7) is 1.35. The highest BCUT2D eigenvalue weighted by Gasteiger charge is 1.96. The zero-order valence-corrected chi connectivity index (χ0v) is 13.8. The van der Waals surface area contributed by atoms with Crippen molar-refractivity contribution in [2.24, 2.45) is 0 Å². The molecule has 0 aliphatic heterocycles.